The van der Waals surface area contributed by atoms with E-state index in [9.17, 15) is 0 Å². The van der Waals surface area contributed by atoms with Crippen molar-refractivity contribution in [2.24, 2.45) is 0 Å². The molecule has 0 aliphatic heterocycles. The van der Waals surface area contributed by atoms with Gasteiger partial charge in [0.1, 0.15) is 11.5 Å². The lowest BCUT2D eigenvalue weighted by Crippen LogP contribution is -2.31. The highest BCUT2D eigenvalue weighted by atomic mass is 32.1. The highest BCUT2D eigenvalue weighted by molar-refractivity contribution is 7.80. The second-order valence-electron chi connectivity index (χ2n) is 5.30. The Morgan fingerprint density at radius 2 is 1.74 bits per heavy atom. The molecule has 23 heavy (non-hydrogen) atoms. The van der Waals surface area contributed by atoms with Gasteiger partial charge in [0.25, 0.3) is 0 Å². The van der Waals surface area contributed by atoms with Crippen molar-refractivity contribution in [1.82, 2.24) is 5.32 Å². The van der Waals surface area contributed by atoms with Gasteiger partial charge >= 0.3 is 0 Å². The van der Waals surface area contributed by atoms with Crippen LogP contribution in [0.3, 0.4) is 0 Å². The van der Waals surface area contributed by atoms with Crippen molar-refractivity contribution < 1.29 is 9.47 Å². The van der Waals surface area contributed by atoms with Crippen LogP contribution in [0.25, 0.3) is 0 Å². The molecule has 0 bridgehead atoms. The van der Waals surface area contributed by atoms with Crippen LogP contribution in [-0.4, -0.2) is 19.3 Å². The van der Waals surface area contributed by atoms with Crippen LogP contribution >= 0.6 is 12.2 Å². The second-order valence-corrected chi connectivity index (χ2v) is 5.71. The zero-order chi connectivity index (χ0) is 16.8. The third kappa shape index (κ3) is 4.60. The van der Waals surface area contributed by atoms with Crippen LogP contribution in [0.5, 0.6) is 11.5 Å². The van der Waals surface area contributed by atoms with Crippen LogP contribution in [0.15, 0.2) is 42.5 Å². The number of methoxy groups -OCH3 is 2. The van der Waals surface area contributed by atoms with Gasteiger partial charge in [0, 0.05) is 6.07 Å². The number of hydrogen-bond acceptors (Lipinski definition) is 3. The molecule has 0 saturated heterocycles. The summed E-state index contributed by atoms with van der Waals surface area (Å²) in [4.78, 5) is 0. The molecule has 0 aliphatic rings. The maximum atomic E-state index is 5.40. The summed E-state index contributed by atoms with van der Waals surface area (Å²) in [6, 6.07) is 14.0. The molecule has 2 aromatic rings. The second kappa shape index (κ2) is 7.83. The zero-order valence-electron chi connectivity index (χ0n) is 13.8. The minimum absolute atomic E-state index is 0.111. The van der Waals surface area contributed by atoms with E-state index in [4.69, 9.17) is 21.7 Å². The maximum Gasteiger partial charge on any atom is 0.171 e. The van der Waals surface area contributed by atoms with Crippen LogP contribution < -0.4 is 20.1 Å². The van der Waals surface area contributed by atoms with Crippen LogP contribution in [0, 0.1) is 6.92 Å². The minimum atomic E-state index is 0.111. The van der Waals surface area contributed by atoms with E-state index < -0.39 is 0 Å². The molecule has 122 valence electrons. The average molecular weight is 330 g/mol. The van der Waals surface area contributed by atoms with Gasteiger partial charge in [0.15, 0.2) is 5.11 Å². The molecular weight excluding hydrogens is 308 g/mol. The lowest BCUT2D eigenvalue weighted by atomic mass is 10.1. The molecule has 0 unspecified atom stereocenters. The lowest BCUT2D eigenvalue weighted by molar-refractivity contribution is 0.395. The van der Waals surface area contributed by atoms with Gasteiger partial charge in [-0.2, -0.15) is 0 Å². The molecule has 2 rings (SSSR count). The fourth-order valence-electron chi connectivity index (χ4n) is 2.20. The Labute approximate surface area is 142 Å². The molecule has 2 aromatic carbocycles. The van der Waals surface area contributed by atoms with Crippen molar-refractivity contribution >= 4 is 23.0 Å². The van der Waals surface area contributed by atoms with E-state index >= 15 is 0 Å². The molecule has 0 fully saturated rings. The van der Waals surface area contributed by atoms with E-state index in [1.165, 1.54) is 11.1 Å². The number of ether oxygens (including phenoxy) is 2. The van der Waals surface area contributed by atoms with E-state index in [-0.39, 0.29) is 6.04 Å². The maximum absolute atomic E-state index is 5.40. The summed E-state index contributed by atoms with van der Waals surface area (Å²) < 4.78 is 10.6. The van der Waals surface area contributed by atoms with Gasteiger partial charge < -0.3 is 20.1 Å². The Bertz CT molecular complexity index is 671. The Morgan fingerprint density at radius 1 is 1.04 bits per heavy atom. The molecule has 0 heterocycles. The van der Waals surface area contributed by atoms with Gasteiger partial charge in [0.05, 0.1) is 25.9 Å². The topological polar surface area (TPSA) is 42.5 Å². The van der Waals surface area contributed by atoms with Crippen LogP contribution in [-0.2, 0) is 0 Å². The van der Waals surface area contributed by atoms with Gasteiger partial charge in [-0.3, -0.25) is 0 Å². The van der Waals surface area contributed by atoms with Gasteiger partial charge in [-0.25, -0.2) is 0 Å². The van der Waals surface area contributed by atoms with Gasteiger partial charge in [-0.05, 0) is 43.8 Å². The molecule has 1 atom stereocenters. The molecule has 0 amide bonds. The van der Waals surface area contributed by atoms with Crippen molar-refractivity contribution in [2.75, 3.05) is 19.5 Å². The average Bonchev–Trinajstić information content (AvgIpc) is 2.55. The summed E-state index contributed by atoms with van der Waals surface area (Å²) in [5.41, 5.74) is 3.22. The summed E-state index contributed by atoms with van der Waals surface area (Å²) in [5.74, 6) is 1.41. The predicted molar refractivity (Wildman–Crippen MR) is 98.5 cm³/mol. The van der Waals surface area contributed by atoms with Crippen molar-refractivity contribution in [3.8, 4) is 11.5 Å². The molecule has 0 aliphatic carbocycles. The van der Waals surface area contributed by atoms with Crippen LogP contribution in [0.2, 0.25) is 0 Å². The fourth-order valence-corrected chi connectivity index (χ4v) is 2.48. The summed E-state index contributed by atoms with van der Waals surface area (Å²) in [6.45, 7) is 4.15. The van der Waals surface area contributed by atoms with E-state index in [1.807, 2.05) is 18.2 Å². The van der Waals surface area contributed by atoms with Crippen LogP contribution in [0.4, 0.5) is 5.69 Å². The number of aryl methyl sites for hydroxylation is 1. The Kier molecular flexibility index (Phi) is 5.82. The first-order valence-corrected chi connectivity index (χ1v) is 7.80. The van der Waals surface area contributed by atoms with Crippen molar-refractivity contribution in [3.05, 3.63) is 53.6 Å². The number of rotatable bonds is 5. The summed E-state index contributed by atoms with van der Waals surface area (Å²) in [7, 11) is 3.24. The first-order valence-electron chi connectivity index (χ1n) is 7.39. The summed E-state index contributed by atoms with van der Waals surface area (Å²) in [6.07, 6.45) is 0. The third-order valence-corrected chi connectivity index (χ3v) is 3.80. The number of anilines is 1. The lowest BCUT2D eigenvalue weighted by Gasteiger charge is -2.19. The number of nitrogens with one attached hydrogen (secondary N) is 2. The summed E-state index contributed by atoms with van der Waals surface area (Å²) in [5, 5.41) is 6.99. The molecule has 0 aromatic heterocycles. The number of benzene rings is 2. The van der Waals surface area contributed by atoms with Crippen LogP contribution in [0.1, 0.15) is 24.1 Å². The van der Waals surface area contributed by atoms with Gasteiger partial charge in [-0.1, -0.05) is 29.8 Å². The Hall–Kier alpha value is -2.27. The van der Waals surface area contributed by atoms with Crippen molar-refractivity contribution in [2.45, 2.75) is 19.9 Å². The third-order valence-electron chi connectivity index (χ3n) is 3.58. The van der Waals surface area contributed by atoms with E-state index in [1.54, 1.807) is 14.2 Å². The molecule has 4 nitrogen and oxygen atoms in total. The Balaban J connectivity index is 2.03. The molecule has 5 heteroatoms. The van der Waals surface area contributed by atoms with Gasteiger partial charge in [-0.15, -0.1) is 0 Å². The Morgan fingerprint density at radius 3 is 2.35 bits per heavy atom. The predicted octanol–water partition coefficient (Wildman–Crippen LogP) is 4.06. The van der Waals surface area contributed by atoms with E-state index in [0.29, 0.717) is 10.9 Å². The molecule has 0 saturated carbocycles. The monoisotopic (exact) mass is 330 g/mol. The first-order chi connectivity index (χ1) is 11.0. The van der Waals surface area contributed by atoms with E-state index in [0.717, 1.165) is 11.4 Å². The largest absolute Gasteiger partial charge is 0.497 e. The fraction of sp³-hybridized carbons (Fsp3) is 0.278. The highest BCUT2D eigenvalue weighted by Gasteiger charge is 2.10. The number of hydrogen-bond donors (Lipinski definition) is 2. The quantitative estimate of drug-likeness (QED) is 0.809. The van der Waals surface area contributed by atoms with Crippen molar-refractivity contribution in [3.63, 3.8) is 0 Å². The molecule has 0 radical (unpaired) electrons. The summed E-state index contributed by atoms with van der Waals surface area (Å²) >= 11 is 5.40. The highest BCUT2D eigenvalue weighted by Crippen LogP contribution is 2.29. The van der Waals surface area contributed by atoms with Gasteiger partial charge in [0.2, 0.25) is 0 Å². The standard InChI is InChI=1S/C18H22N2O2S/c1-12-5-7-14(8-6-12)13(2)19-18(23)20-16-10-9-15(21-3)11-17(16)22-4/h5-11,13H,1-4H3,(H2,19,20,23)/t13-/m0/s1. The van der Waals surface area contributed by atoms with Crippen molar-refractivity contribution in [1.29, 1.82) is 0 Å². The zero-order valence-corrected chi connectivity index (χ0v) is 14.7. The molecule has 0 spiro atoms. The normalized spacial score (nSPS) is 11.5. The SMILES string of the molecule is COc1ccc(NC(=S)N[C@@H](C)c2ccc(C)cc2)c(OC)c1. The minimum Gasteiger partial charge on any atom is -0.497 e. The first kappa shape index (κ1) is 17.1. The smallest absolute Gasteiger partial charge is 0.171 e. The molecular formula is C18H22N2O2S. The van der Waals surface area contributed by atoms with E-state index in [2.05, 4.69) is 48.7 Å². The number of thiocarbonyl (C=S) groups is 1. The molecule has 2 N–H and O–H groups in total.